The van der Waals surface area contributed by atoms with Crippen molar-refractivity contribution in [3.63, 3.8) is 0 Å². The number of rotatable bonds is 3. The van der Waals surface area contributed by atoms with Gasteiger partial charge >= 0.3 is 0 Å². The van der Waals surface area contributed by atoms with E-state index in [-0.39, 0.29) is 11.5 Å². The molecule has 1 heterocycles. The van der Waals surface area contributed by atoms with Crippen LogP contribution in [0.1, 0.15) is 68.7 Å². The average Bonchev–Trinajstić information content (AvgIpc) is 3.03. The molecule has 106 valence electrons. The molecule has 2 heteroatoms. The molecule has 0 aromatic carbocycles. The van der Waals surface area contributed by atoms with Crippen molar-refractivity contribution in [2.24, 2.45) is 17.8 Å². The Morgan fingerprint density at radius 2 is 2.05 bits per heavy atom. The number of hydrogen-bond acceptors (Lipinski definition) is 2. The summed E-state index contributed by atoms with van der Waals surface area (Å²) in [4.78, 5) is 2.56. The van der Waals surface area contributed by atoms with Gasteiger partial charge in [0.1, 0.15) is 0 Å². The quantitative estimate of drug-likeness (QED) is 0.833. The van der Waals surface area contributed by atoms with E-state index in [1.54, 1.807) is 11.3 Å². The minimum absolute atomic E-state index is 0.203. The lowest BCUT2D eigenvalue weighted by Gasteiger charge is -2.23. The fourth-order valence-electron chi connectivity index (χ4n) is 4.00. The van der Waals surface area contributed by atoms with Crippen LogP contribution in [0.15, 0.2) is 12.1 Å². The molecule has 19 heavy (non-hydrogen) atoms. The molecule has 2 bridgehead atoms. The number of fused-ring (bicyclic) bond motifs is 2. The van der Waals surface area contributed by atoms with Crippen molar-refractivity contribution in [3.8, 4) is 0 Å². The summed E-state index contributed by atoms with van der Waals surface area (Å²) in [6.07, 6.45) is 6.44. The second kappa shape index (κ2) is 4.89. The maximum Gasteiger partial charge on any atom is 0.0884 e. The smallest absolute Gasteiger partial charge is 0.0884 e. The lowest BCUT2D eigenvalue weighted by molar-refractivity contribution is 0.128. The summed E-state index contributed by atoms with van der Waals surface area (Å²) in [5.74, 6) is 2.69. The van der Waals surface area contributed by atoms with Crippen molar-refractivity contribution in [1.82, 2.24) is 0 Å². The molecule has 0 aliphatic heterocycles. The first kappa shape index (κ1) is 13.6. The van der Waals surface area contributed by atoms with Crippen LogP contribution in [0.3, 0.4) is 0 Å². The molecular formula is C17H26OS. The van der Waals surface area contributed by atoms with Gasteiger partial charge in [-0.15, -0.1) is 11.3 Å². The zero-order valence-corrected chi connectivity index (χ0v) is 13.2. The molecule has 4 unspecified atom stereocenters. The van der Waals surface area contributed by atoms with Crippen molar-refractivity contribution in [1.29, 1.82) is 0 Å². The molecule has 2 aliphatic carbocycles. The summed E-state index contributed by atoms with van der Waals surface area (Å²) in [6, 6.07) is 4.34. The number of hydrogen-bond donors (Lipinski definition) is 1. The third kappa shape index (κ3) is 2.75. The third-order valence-electron chi connectivity index (χ3n) is 5.10. The molecule has 2 fully saturated rings. The Hall–Kier alpha value is -0.340. The minimum atomic E-state index is -0.231. The molecule has 3 rings (SSSR count). The molecule has 0 saturated heterocycles. The van der Waals surface area contributed by atoms with Crippen molar-refractivity contribution in [2.45, 2.75) is 64.4 Å². The van der Waals surface area contributed by atoms with Crippen LogP contribution in [0.25, 0.3) is 0 Å². The Labute approximate surface area is 121 Å². The highest BCUT2D eigenvalue weighted by molar-refractivity contribution is 7.12. The largest absolute Gasteiger partial charge is 0.388 e. The van der Waals surface area contributed by atoms with Crippen molar-refractivity contribution >= 4 is 11.3 Å². The van der Waals surface area contributed by atoms with Crippen LogP contribution >= 0.6 is 11.3 Å². The van der Waals surface area contributed by atoms with Gasteiger partial charge in [-0.25, -0.2) is 0 Å². The lowest BCUT2D eigenvalue weighted by atomic mass is 9.84. The topological polar surface area (TPSA) is 20.2 Å². The maximum absolute atomic E-state index is 10.5. The normalized spacial score (nSPS) is 31.9. The molecular weight excluding hydrogens is 252 g/mol. The second-order valence-corrected chi connectivity index (χ2v) is 8.75. The standard InChI is InChI=1S/C17H26OS/c1-17(2,3)16-7-6-15(19-16)14(18)10-13-9-11-4-5-12(13)8-11/h6-7,11-14,18H,4-5,8-10H2,1-3H3. The van der Waals surface area contributed by atoms with E-state index in [9.17, 15) is 5.11 Å². The predicted molar refractivity (Wildman–Crippen MR) is 81.5 cm³/mol. The summed E-state index contributed by atoms with van der Waals surface area (Å²) in [6.45, 7) is 6.72. The van der Waals surface area contributed by atoms with Crippen LogP contribution in [-0.2, 0) is 5.41 Å². The van der Waals surface area contributed by atoms with Gasteiger partial charge in [0, 0.05) is 9.75 Å². The first-order chi connectivity index (χ1) is 8.93. The zero-order chi connectivity index (χ0) is 13.6. The predicted octanol–water partition coefficient (Wildman–Crippen LogP) is 4.91. The van der Waals surface area contributed by atoms with E-state index in [0.717, 1.165) is 24.2 Å². The minimum Gasteiger partial charge on any atom is -0.388 e. The molecule has 0 spiro atoms. The van der Waals surface area contributed by atoms with Gasteiger partial charge < -0.3 is 5.11 Å². The summed E-state index contributed by atoms with van der Waals surface area (Å²) < 4.78 is 0. The van der Waals surface area contributed by atoms with E-state index in [1.807, 2.05) is 0 Å². The van der Waals surface area contributed by atoms with Crippen molar-refractivity contribution < 1.29 is 5.11 Å². The molecule has 2 aliphatic rings. The summed E-state index contributed by atoms with van der Waals surface area (Å²) >= 11 is 1.80. The highest BCUT2D eigenvalue weighted by Gasteiger charge is 2.40. The summed E-state index contributed by atoms with van der Waals surface area (Å²) in [7, 11) is 0. The van der Waals surface area contributed by atoms with Crippen LogP contribution in [0, 0.1) is 17.8 Å². The maximum atomic E-state index is 10.5. The first-order valence-electron chi connectivity index (χ1n) is 7.72. The first-order valence-corrected chi connectivity index (χ1v) is 8.53. The molecule has 1 aromatic rings. The van der Waals surface area contributed by atoms with Gasteiger partial charge in [0.05, 0.1) is 6.10 Å². The third-order valence-corrected chi connectivity index (χ3v) is 6.72. The molecule has 4 atom stereocenters. The number of aliphatic hydroxyl groups excluding tert-OH is 1. The van der Waals surface area contributed by atoms with Crippen LogP contribution in [0.5, 0.6) is 0 Å². The Balaban J connectivity index is 1.64. The van der Waals surface area contributed by atoms with Gasteiger partial charge in [-0.3, -0.25) is 0 Å². The fourth-order valence-corrected chi connectivity index (χ4v) is 5.07. The molecule has 0 radical (unpaired) electrons. The van der Waals surface area contributed by atoms with Gasteiger partial charge in [0.2, 0.25) is 0 Å². The van der Waals surface area contributed by atoms with Crippen LogP contribution < -0.4 is 0 Å². The van der Waals surface area contributed by atoms with E-state index in [1.165, 1.54) is 35.4 Å². The van der Waals surface area contributed by atoms with Gasteiger partial charge in [-0.1, -0.05) is 27.2 Å². The van der Waals surface area contributed by atoms with Crippen LogP contribution in [0.4, 0.5) is 0 Å². The number of aliphatic hydroxyl groups is 1. The Bertz CT molecular complexity index is 442. The zero-order valence-electron chi connectivity index (χ0n) is 12.4. The van der Waals surface area contributed by atoms with Crippen molar-refractivity contribution in [2.75, 3.05) is 0 Å². The molecule has 1 nitrogen and oxygen atoms in total. The lowest BCUT2D eigenvalue weighted by Crippen LogP contribution is -2.13. The van der Waals surface area contributed by atoms with Crippen molar-refractivity contribution in [3.05, 3.63) is 21.9 Å². The van der Waals surface area contributed by atoms with Crippen LogP contribution in [-0.4, -0.2) is 5.11 Å². The van der Waals surface area contributed by atoms with Crippen LogP contribution in [0.2, 0.25) is 0 Å². The summed E-state index contributed by atoms with van der Waals surface area (Å²) in [5.41, 5.74) is 0.203. The molecule has 1 N–H and O–H groups in total. The van der Waals surface area contributed by atoms with E-state index in [2.05, 4.69) is 32.9 Å². The highest BCUT2D eigenvalue weighted by atomic mass is 32.1. The van der Waals surface area contributed by atoms with Gasteiger partial charge in [-0.2, -0.15) is 0 Å². The average molecular weight is 278 g/mol. The monoisotopic (exact) mass is 278 g/mol. The summed E-state index contributed by atoms with van der Waals surface area (Å²) in [5, 5.41) is 10.5. The van der Waals surface area contributed by atoms with Gasteiger partial charge in [0.25, 0.3) is 0 Å². The molecule has 0 amide bonds. The van der Waals surface area contributed by atoms with Gasteiger partial charge in [0.15, 0.2) is 0 Å². The van der Waals surface area contributed by atoms with E-state index in [0.29, 0.717) is 0 Å². The van der Waals surface area contributed by atoms with Gasteiger partial charge in [-0.05, 0) is 61.0 Å². The second-order valence-electron chi connectivity index (χ2n) is 7.64. The van der Waals surface area contributed by atoms with E-state index in [4.69, 9.17) is 0 Å². The number of thiophene rings is 1. The Kier molecular flexibility index (Phi) is 3.51. The molecule has 2 saturated carbocycles. The van der Waals surface area contributed by atoms with E-state index < -0.39 is 0 Å². The molecule has 1 aromatic heterocycles. The fraction of sp³-hybridized carbons (Fsp3) is 0.765. The van der Waals surface area contributed by atoms with E-state index >= 15 is 0 Å². The Morgan fingerprint density at radius 1 is 1.26 bits per heavy atom. The SMILES string of the molecule is CC(C)(C)c1ccc(C(O)CC2CC3CCC2C3)s1. The Morgan fingerprint density at radius 3 is 2.58 bits per heavy atom. The highest BCUT2D eigenvalue weighted by Crippen LogP contribution is 2.51.